The van der Waals surface area contributed by atoms with E-state index in [0.29, 0.717) is 12.0 Å². The van der Waals surface area contributed by atoms with Gasteiger partial charge in [-0.3, -0.25) is 4.90 Å². The molecule has 16 heavy (non-hydrogen) atoms. The van der Waals surface area contributed by atoms with Crippen molar-refractivity contribution in [2.75, 3.05) is 13.1 Å². The summed E-state index contributed by atoms with van der Waals surface area (Å²) >= 11 is 1.82. The smallest absolute Gasteiger partial charge is 0.0900 e. The Kier molecular flexibility index (Phi) is 3.62. The quantitative estimate of drug-likeness (QED) is 0.857. The van der Waals surface area contributed by atoms with Crippen LogP contribution in [0.1, 0.15) is 28.9 Å². The summed E-state index contributed by atoms with van der Waals surface area (Å²) < 4.78 is 0. The maximum Gasteiger partial charge on any atom is 0.0900 e. The average molecular weight is 239 g/mol. The van der Waals surface area contributed by atoms with Gasteiger partial charge in [-0.25, -0.2) is 4.98 Å². The van der Waals surface area contributed by atoms with Crippen molar-refractivity contribution >= 4 is 11.3 Å². The minimum absolute atomic E-state index is 0.336. The predicted molar refractivity (Wildman–Crippen MR) is 68.6 cm³/mol. The van der Waals surface area contributed by atoms with Crippen LogP contribution in [0.2, 0.25) is 0 Å². The second-order valence-electron chi connectivity index (χ2n) is 4.91. The van der Waals surface area contributed by atoms with E-state index in [1.54, 1.807) is 0 Å². The topological polar surface area (TPSA) is 42.2 Å². The van der Waals surface area contributed by atoms with Crippen LogP contribution in [-0.2, 0) is 6.54 Å². The number of thiazole rings is 1. The number of hydrogen-bond donors (Lipinski definition) is 1. The molecule has 0 bridgehead atoms. The van der Waals surface area contributed by atoms with E-state index in [9.17, 15) is 0 Å². The number of nitrogens with two attached hydrogens (primary N) is 1. The summed E-state index contributed by atoms with van der Waals surface area (Å²) in [5.41, 5.74) is 7.30. The molecule has 0 spiro atoms. The van der Waals surface area contributed by atoms with Crippen LogP contribution in [0.3, 0.4) is 0 Å². The van der Waals surface area contributed by atoms with Crippen LogP contribution in [0.25, 0.3) is 0 Å². The largest absolute Gasteiger partial charge is 0.326 e. The Hall–Kier alpha value is -0.450. The lowest BCUT2D eigenvalue weighted by Crippen LogP contribution is -2.47. The molecule has 0 aliphatic carbocycles. The van der Waals surface area contributed by atoms with Crippen LogP contribution in [0.15, 0.2) is 0 Å². The molecule has 2 N–H and O–H groups in total. The molecule has 2 heterocycles. The first kappa shape index (κ1) is 12.0. The van der Waals surface area contributed by atoms with Crippen LogP contribution < -0.4 is 5.73 Å². The van der Waals surface area contributed by atoms with Gasteiger partial charge in [-0.05, 0) is 32.7 Å². The molecular weight excluding hydrogens is 218 g/mol. The molecule has 2 unspecified atom stereocenters. The molecule has 0 saturated carbocycles. The fourth-order valence-corrected chi connectivity index (χ4v) is 3.22. The van der Waals surface area contributed by atoms with Crippen molar-refractivity contribution in [2.24, 2.45) is 11.7 Å². The highest BCUT2D eigenvalue weighted by Gasteiger charge is 2.23. The Morgan fingerprint density at radius 1 is 1.50 bits per heavy atom. The molecule has 4 heteroatoms. The zero-order valence-electron chi connectivity index (χ0n) is 10.4. The van der Waals surface area contributed by atoms with E-state index in [-0.39, 0.29) is 0 Å². The van der Waals surface area contributed by atoms with Crippen molar-refractivity contribution in [2.45, 2.75) is 39.8 Å². The maximum atomic E-state index is 6.11. The summed E-state index contributed by atoms with van der Waals surface area (Å²) in [6, 6.07) is 0.336. The number of nitrogens with zero attached hydrogens (tertiary/aromatic N) is 2. The molecule has 0 amide bonds. The molecule has 1 fully saturated rings. The summed E-state index contributed by atoms with van der Waals surface area (Å²) in [5.74, 6) is 0.667. The van der Waals surface area contributed by atoms with E-state index in [0.717, 1.165) is 13.1 Å². The summed E-state index contributed by atoms with van der Waals surface area (Å²) in [6.07, 6.45) is 1.22. The lowest BCUT2D eigenvalue weighted by atomic mass is 9.94. The minimum atomic E-state index is 0.336. The van der Waals surface area contributed by atoms with E-state index in [1.165, 1.54) is 28.5 Å². The number of likely N-dealkylation sites (tertiary alicyclic amines) is 1. The van der Waals surface area contributed by atoms with Crippen LogP contribution in [0.5, 0.6) is 0 Å². The number of hydrogen-bond acceptors (Lipinski definition) is 4. The van der Waals surface area contributed by atoms with E-state index in [2.05, 4.69) is 30.7 Å². The standard InChI is InChI=1S/C12H21N3S/c1-8-4-5-15(6-11(8)13)7-12-9(2)14-10(3)16-12/h8,11H,4-7,13H2,1-3H3. The van der Waals surface area contributed by atoms with E-state index in [1.807, 2.05) is 11.3 Å². The van der Waals surface area contributed by atoms with Gasteiger partial charge in [-0.15, -0.1) is 11.3 Å². The zero-order chi connectivity index (χ0) is 11.7. The molecule has 1 aromatic heterocycles. The van der Waals surface area contributed by atoms with Crippen molar-refractivity contribution < 1.29 is 0 Å². The van der Waals surface area contributed by atoms with Gasteiger partial charge in [-0.2, -0.15) is 0 Å². The number of aryl methyl sites for hydroxylation is 2. The van der Waals surface area contributed by atoms with Gasteiger partial charge in [0.15, 0.2) is 0 Å². The molecule has 0 aromatic carbocycles. The van der Waals surface area contributed by atoms with Crippen LogP contribution in [-0.4, -0.2) is 29.0 Å². The first-order valence-electron chi connectivity index (χ1n) is 5.97. The zero-order valence-corrected chi connectivity index (χ0v) is 11.2. The van der Waals surface area contributed by atoms with Gasteiger partial charge >= 0.3 is 0 Å². The van der Waals surface area contributed by atoms with Crippen LogP contribution in [0, 0.1) is 19.8 Å². The lowest BCUT2D eigenvalue weighted by molar-refractivity contribution is 0.163. The second-order valence-corrected chi connectivity index (χ2v) is 6.19. The molecule has 90 valence electrons. The van der Waals surface area contributed by atoms with E-state index < -0.39 is 0 Å². The first-order chi connectivity index (χ1) is 7.56. The molecule has 1 aliphatic heterocycles. The number of rotatable bonds is 2. The Morgan fingerprint density at radius 2 is 2.25 bits per heavy atom. The van der Waals surface area contributed by atoms with Crippen LogP contribution in [0.4, 0.5) is 0 Å². The van der Waals surface area contributed by atoms with Crippen molar-refractivity contribution in [3.8, 4) is 0 Å². The third kappa shape index (κ3) is 2.62. The summed E-state index contributed by atoms with van der Waals surface area (Å²) in [7, 11) is 0. The molecule has 1 aromatic rings. The molecule has 2 rings (SSSR count). The van der Waals surface area contributed by atoms with Gasteiger partial charge in [0.05, 0.1) is 10.7 Å². The van der Waals surface area contributed by atoms with Gasteiger partial charge < -0.3 is 5.73 Å². The average Bonchev–Trinajstić information content (AvgIpc) is 2.51. The van der Waals surface area contributed by atoms with Crippen molar-refractivity contribution in [3.05, 3.63) is 15.6 Å². The van der Waals surface area contributed by atoms with Gasteiger partial charge in [0.25, 0.3) is 0 Å². The molecule has 1 aliphatic rings. The summed E-state index contributed by atoms with van der Waals surface area (Å²) in [4.78, 5) is 8.34. The fraction of sp³-hybridized carbons (Fsp3) is 0.750. The molecule has 2 atom stereocenters. The first-order valence-corrected chi connectivity index (χ1v) is 6.78. The predicted octanol–water partition coefficient (Wildman–Crippen LogP) is 1.93. The normalized spacial score (nSPS) is 27.2. The molecule has 1 saturated heterocycles. The van der Waals surface area contributed by atoms with Crippen LogP contribution >= 0.6 is 11.3 Å². The lowest BCUT2D eigenvalue weighted by Gasteiger charge is -2.34. The fourth-order valence-electron chi connectivity index (χ4n) is 2.24. The summed E-state index contributed by atoms with van der Waals surface area (Å²) in [5, 5.41) is 1.17. The number of piperidine rings is 1. The highest BCUT2D eigenvalue weighted by molar-refractivity contribution is 7.11. The Bertz CT molecular complexity index is 361. The second kappa shape index (κ2) is 4.82. The van der Waals surface area contributed by atoms with Gasteiger partial charge in [0.1, 0.15) is 0 Å². The van der Waals surface area contributed by atoms with Gasteiger partial charge in [0.2, 0.25) is 0 Å². The van der Waals surface area contributed by atoms with Crippen molar-refractivity contribution in [3.63, 3.8) is 0 Å². The van der Waals surface area contributed by atoms with Crippen molar-refractivity contribution in [1.29, 1.82) is 0 Å². The highest BCUT2D eigenvalue weighted by atomic mass is 32.1. The third-order valence-corrected chi connectivity index (χ3v) is 4.53. The monoisotopic (exact) mass is 239 g/mol. The summed E-state index contributed by atoms with van der Waals surface area (Å²) in [6.45, 7) is 9.65. The van der Waals surface area contributed by atoms with E-state index in [4.69, 9.17) is 5.73 Å². The Labute approximate surface area is 102 Å². The van der Waals surface area contributed by atoms with Crippen molar-refractivity contribution in [1.82, 2.24) is 9.88 Å². The molecular formula is C12H21N3S. The Morgan fingerprint density at radius 3 is 2.81 bits per heavy atom. The third-order valence-electron chi connectivity index (χ3n) is 3.47. The maximum absolute atomic E-state index is 6.11. The SMILES string of the molecule is Cc1nc(C)c(CN2CCC(C)C(N)C2)s1. The Balaban J connectivity index is 1.98. The van der Waals surface area contributed by atoms with E-state index >= 15 is 0 Å². The highest BCUT2D eigenvalue weighted by Crippen LogP contribution is 2.22. The van der Waals surface area contributed by atoms with Gasteiger partial charge in [-0.1, -0.05) is 6.92 Å². The molecule has 3 nitrogen and oxygen atoms in total. The molecule has 0 radical (unpaired) electrons. The number of aromatic nitrogens is 1. The minimum Gasteiger partial charge on any atom is -0.326 e. The van der Waals surface area contributed by atoms with Gasteiger partial charge in [0, 0.05) is 24.0 Å².